The molecule has 0 radical (unpaired) electrons. The van der Waals surface area contributed by atoms with Crippen LogP contribution in [0.3, 0.4) is 0 Å². The summed E-state index contributed by atoms with van der Waals surface area (Å²) in [5.74, 6) is 1.06. The largest absolute Gasteiger partial charge is 0.192 e. The minimum absolute atomic E-state index is 0.424. The zero-order chi connectivity index (χ0) is 11.4. The van der Waals surface area contributed by atoms with Crippen LogP contribution in [-0.4, -0.2) is 0 Å². The SMILES string of the molecule is CC(C)Cc1ccc(C(C)C)c(C#N)c1. The highest BCUT2D eigenvalue weighted by atomic mass is 14.3. The van der Waals surface area contributed by atoms with Crippen LogP contribution >= 0.6 is 0 Å². The summed E-state index contributed by atoms with van der Waals surface area (Å²) < 4.78 is 0. The molecule has 1 aromatic carbocycles. The summed E-state index contributed by atoms with van der Waals surface area (Å²) in [4.78, 5) is 0. The fourth-order valence-electron chi connectivity index (χ4n) is 1.80. The molecule has 15 heavy (non-hydrogen) atoms. The van der Waals surface area contributed by atoms with Crippen molar-refractivity contribution in [3.05, 3.63) is 34.9 Å². The molecule has 0 aliphatic heterocycles. The highest BCUT2D eigenvalue weighted by Gasteiger charge is 2.07. The van der Waals surface area contributed by atoms with E-state index in [1.165, 1.54) is 5.56 Å². The first kappa shape index (κ1) is 11.8. The quantitative estimate of drug-likeness (QED) is 0.728. The number of hydrogen-bond acceptors (Lipinski definition) is 1. The van der Waals surface area contributed by atoms with E-state index in [-0.39, 0.29) is 0 Å². The monoisotopic (exact) mass is 201 g/mol. The van der Waals surface area contributed by atoms with Gasteiger partial charge in [0.25, 0.3) is 0 Å². The van der Waals surface area contributed by atoms with Crippen LogP contribution in [0.2, 0.25) is 0 Å². The van der Waals surface area contributed by atoms with E-state index < -0.39 is 0 Å². The van der Waals surface area contributed by atoms with Gasteiger partial charge in [-0.05, 0) is 35.4 Å². The van der Waals surface area contributed by atoms with Crippen LogP contribution in [0.25, 0.3) is 0 Å². The van der Waals surface area contributed by atoms with Crippen molar-refractivity contribution in [1.29, 1.82) is 5.26 Å². The van der Waals surface area contributed by atoms with Crippen molar-refractivity contribution in [2.24, 2.45) is 5.92 Å². The average Bonchev–Trinajstić information content (AvgIpc) is 2.16. The van der Waals surface area contributed by atoms with Gasteiger partial charge in [0.05, 0.1) is 11.6 Å². The van der Waals surface area contributed by atoms with E-state index in [1.54, 1.807) is 0 Å². The van der Waals surface area contributed by atoms with Crippen molar-refractivity contribution < 1.29 is 0 Å². The fourth-order valence-corrected chi connectivity index (χ4v) is 1.80. The summed E-state index contributed by atoms with van der Waals surface area (Å²) >= 11 is 0. The standard InChI is InChI=1S/C14H19N/c1-10(2)7-12-5-6-14(11(3)4)13(8-12)9-15/h5-6,8,10-11H,7H2,1-4H3. The molecule has 1 nitrogen and oxygen atoms in total. The van der Waals surface area contributed by atoms with Gasteiger partial charge >= 0.3 is 0 Å². The lowest BCUT2D eigenvalue weighted by atomic mass is 9.93. The second kappa shape index (κ2) is 4.98. The lowest BCUT2D eigenvalue weighted by Crippen LogP contribution is -1.98. The lowest BCUT2D eigenvalue weighted by Gasteiger charge is -2.11. The highest BCUT2D eigenvalue weighted by Crippen LogP contribution is 2.21. The summed E-state index contributed by atoms with van der Waals surface area (Å²) in [6.07, 6.45) is 1.05. The van der Waals surface area contributed by atoms with Gasteiger partial charge in [0.15, 0.2) is 0 Å². The Hall–Kier alpha value is -1.29. The van der Waals surface area contributed by atoms with Crippen LogP contribution in [0.1, 0.15) is 50.3 Å². The zero-order valence-corrected chi connectivity index (χ0v) is 10.0. The van der Waals surface area contributed by atoms with Gasteiger partial charge in [0, 0.05) is 0 Å². The third-order valence-electron chi connectivity index (χ3n) is 2.50. The Balaban J connectivity index is 3.04. The van der Waals surface area contributed by atoms with Crippen molar-refractivity contribution >= 4 is 0 Å². The number of rotatable bonds is 3. The summed E-state index contributed by atoms with van der Waals surface area (Å²) in [7, 11) is 0. The molecule has 0 saturated heterocycles. The molecule has 0 bridgehead atoms. The first-order valence-electron chi connectivity index (χ1n) is 5.57. The predicted molar refractivity (Wildman–Crippen MR) is 63.8 cm³/mol. The molecule has 0 N–H and O–H groups in total. The van der Waals surface area contributed by atoms with Crippen LogP contribution < -0.4 is 0 Å². The van der Waals surface area contributed by atoms with Crippen molar-refractivity contribution in [2.75, 3.05) is 0 Å². The summed E-state index contributed by atoms with van der Waals surface area (Å²) in [5.41, 5.74) is 3.26. The van der Waals surface area contributed by atoms with E-state index >= 15 is 0 Å². The van der Waals surface area contributed by atoms with Crippen LogP contribution in [0, 0.1) is 17.2 Å². The molecular formula is C14H19N. The molecule has 1 aromatic rings. The smallest absolute Gasteiger partial charge is 0.0994 e. The first-order chi connectivity index (χ1) is 7.04. The third kappa shape index (κ3) is 3.09. The molecule has 80 valence electrons. The van der Waals surface area contributed by atoms with Crippen molar-refractivity contribution in [3.8, 4) is 6.07 Å². The fraction of sp³-hybridized carbons (Fsp3) is 0.500. The molecule has 0 aliphatic carbocycles. The first-order valence-corrected chi connectivity index (χ1v) is 5.57. The third-order valence-corrected chi connectivity index (χ3v) is 2.50. The molecule has 0 heterocycles. The van der Waals surface area contributed by atoms with Gasteiger partial charge in [0.1, 0.15) is 0 Å². The molecule has 0 aliphatic rings. The normalized spacial score (nSPS) is 10.7. The molecular weight excluding hydrogens is 182 g/mol. The summed E-state index contributed by atoms with van der Waals surface area (Å²) in [6, 6.07) is 8.57. The van der Waals surface area contributed by atoms with Gasteiger partial charge in [0.2, 0.25) is 0 Å². The Morgan fingerprint density at radius 2 is 1.87 bits per heavy atom. The van der Waals surface area contributed by atoms with Gasteiger partial charge < -0.3 is 0 Å². The van der Waals surface area contributed by atoms with Crippen LogP contribution in [-0.2, 0) is 6.42 Å². The maximum absolute atomic E-state index is 9.08. The van der Waals surface area contributed by atoms with E-state index in [0.29, 0.717) is 11.8 Å². The van der Waals surface area contributed by atoms with Gasteiger partial charge in [-0.25, -0.2) is 0 Å². The molecule has 1 heteroatoms. The maximum atomic E-state index is 9.08. The van der Waals surface area contributed by atoms with E-state index in [4.69, 9.17) is 5.26 Å². The lowest BCUT2D eigenvalue weighted by molar-refractivity contribution is 0.646. The number of benzene rings is 1. The number of nitriles is 1. The van der Waals surface area contributed by atoms with Crippen LogP contribution in [0.15, 0.2) is 18.2 Å². The maximum Gasteiger partial charge on any atom is 0.0994 e. The Morgan fingerprint density at radius 1 is 1.20 bits per heavy atom. The van der Waals surface area contributed by atoms with E-state index in [0.717, 1.165) is 17.5 Å². The Labute approximate surface area is 92.7 Å². The molecule has 0 unspecified atom stereocenters. The molecule has 0 saturated carbocycles. The Kier molecular flexibility index (Phi) is 3.91. The predicted octanol–water partition coefficient (Wildman–Crippen LogP) is 3.88. The van der Waals surface area contributed by atoms with Crippen molar-refractivity contribution in [1.82, 2.24) is 0 Å². The van der Waals surface area contributed by atoms with Gasteiger partial charge in [-0.15, -0.1) is 0 Å². The Bertz CT molecular complexity index is 369. The summed E-state index contributed by atoms with van der Waals surface area (Å²) in [5, 5.41) is 9.08. The molecule has 1 rings (SSSR count). The highest BCUT2D eigenvalue weighted by molar-refractivity contribution is 5.42. The number of hydrogen-bond donors (Lipinski definition) is 0. The van der Waals surface area contributed by atoms with Gasteiger partial charge in [-0.3, -0.25) is 0 Å². The second-order valence-corrected chi connectivity index (χ2v) is 4.79. The summed E-state index contributed by atoms with van der Waals surface area (Å²) in [6.45, 7) is 8.64. The Morgan fingerprint density at radius 3 is 2.33 bits per heavy atom. The average molecular weight is 201 g/mol. The topological polar surface area (TPSA) is 23.8 Å². The van der Waals surface area contributed by atoms with Crippen molar-refractivity contribution in [2.45, 2.75) is 40.0 Å². The van der Waals surface area contributed by atoms with Crippen LogP contribution in [0.5, 0.6) is 0 Å². The van der Waals surface area contributed by atoms with E-state index in [9.17, 15) is 0 Å². The zero-order valence-electron chi connectivity index (χ0n) is 10.0. The van der Waals surface area contributed by atoms with E-state index in [1.807, 2.05) is 6.07 Å². The molecule has 0 fully saturated rings. The molecule has 0 atom stereocenters. The minimum Gasteiger partial charge on any atom is -0.192 e. The van der Waals surface area contributed by atoms with Gasteiger partial charge in [-0.2, -0.15) is 5.26 Å². The second-order valence-electron chi connectivity index (χ2n) is 4.79. The minimum atomic E-state index is 0.424. The van der Waals surface area contributed by atoms with Crippen molar-refractivity contribution in [3.63, 3.8) is 0 Å². The van der Waals surface area contributed by atoms with Gasteiger partial charge in [-0.1, -0.05) is 39.8 Å². The van der Waals surface area contributed by atoms with E-state index in [2.05, 4.69) is 45.9 Å². The molecule has 0 amide bonds. The van der Waals surface area contributed by atoms with Crippen LogP contribution in [0.4, 0.5) is 0 Å². The molecule has 0 aromatic heterocycles. The number of nitrogens with zero attached hydrogens (tertiary/aromatic N) is 1. The molecule has 0 spiro atoms.